The summed E-state index contributed by atoms with van der Waals surface area (Å²) < 4.78 is 5.70. The van der Waals surface area contributed by atoms with Crippen molar-refractivity contribution >= 4 is 0 Å². The van der Waals surface area contributed by atoms with Crippen LogP contribution in [-0.4, -0.2) is 0 Å². The van der Waals surface area contributed by atoms with E-state index in [0.717, 1.165) is 37.2 Å². The van der Waals surface area contributed by atoms with Gasteiger partial charge in [-0.3, -0.25) is 0 Å². The number of ether oxygens (including phenoxy) is 1. The summed E-state index contributed by atoms with van der Waals surface area (Å²) in [6.07, 6.45) is 3.56. The Labute approximate surface area is 127 Å². The Hall–Kier alpha value is -2.28. The fourth-order valence-corrected chi connectivity index (χ4v) is 2.16. The first-order valence-corrected chi connectivity index (χ1v) is 7.35. The normalized spacial score (nSPS) is 10.1. The zero-order valence-electron chi connectivity index (χ0n) is 12.4. The van der Waals surface area contributed by atoms with Crippen LogP contribution in [-0.2, 0) is 17.6 Å². The maximum atomic E-state index is 5.70. The van der Waals surface area contributed by atoms with E-state index in [9.17, 15) is 0 Å². The Kier molecular flexibility index (Phi) is 5.83. The van der Waals surface area contributed by atoms with Gasteiger partial charge in [0, 0.05) is 12.8 Å². The number of hydrogen-bond acceptors (Lipinski definition) is 1. The minimum Gasteiger partial charge on any atom is -0.467 e. The van der Waals surface area contributed by atoms with Crippen molar-refractivity contribution in [2.75, 3.05) is 0 Å². The first-order chi connectivity index (χ1) is 10.2. The SMILES string of the molecule is C=C(CCc1ccccc1)OC(=C)CCc1ccccc1. The highest BCUT2D eigenvalue weighted by atomic mass is 16.5. The van der Waals surface area contributed by atoms with E-state index in [1.807, 2.05) is 12.1 Å². The molecule has 0 N–H and O–H groups in total. The monoisotopic (exact) mass is 278 g/mol. The third-order valence-electron chi connectivity index (χ3n) is 3.36. The van der Waals surface area contributed by atoms with Gasteiger partial charge in [0.2, 0.25) is 0 Å². The number of hydrogen-bond donors (Lipinski definition) is 0. The molecule has 0 aliphatic carbocycles. The minimum absolute atomic E-state index is 0.789. The molecule has 0 aliphatic rings. The highest BCUT2D eigenvalue weighted by Gasteiger charge is 2.02. The van der Waals surface area contributed by atoms with Gasteiger partial charge in [0.05, 0.1) is 11.5 Å². The van der Waals surface area contributed by atoms with Crippen molar-refractivity contribution in [3.8, 4) is 0 Å². The van der Waals surface area contributed by atoms with E-state index in [1.54, 1.807) is 0 Å². The molecule has 0 fully saturated rings. The number of benzene rings is 2. The third-order valence-corrected chi connectivity index (χ3v) is 3.36. The van der Waals surface area contributed by atoms with Crippen molar-refractivity contribution in [1.29, 1.82) is 0 Å². The minimum atomic E-state index is 0.789. The standard InChI is InChI=1S/C20H22O/c1-17(13-15-19-9-5-3-6-10-19)21-18(2)14-16-20-11-7-4-8-12-20/h3-12H,1-2,13-16H2. The summed E-state index contributed by atoms with van der Waals surface area (Å²) in [6.45, 7) is 7.96. The summed E-state index contributed by atoms with van der Waals surface area (Å²) in [5.41, 5.74) is 2.61. The first-order valence-electron chi connectivity index (χ1n) is 7.35. The Morgan fingerprint density at radius 2 is 1.05 bits per heavy atom. The smallest absolute Gasteiger partial charge is 0.0967 e. The summed E-state index contributed by atoms with van der Waals surface area (Å²) in [5.74, 6) is 1.58. The zero-order chi connectivity index (χ0) is 14.9. The lowest BCUT2D eigenvalue weighted by molar-refractivity contribution is 0.281. The molecule has 0 unspecified atom stereocenters. The first kappa shape index (κ1) is 15.1. The second-order valence-corrected chi connectivity index (χ2v) is 5.15. The second-order valence-electron chi connectivity index (χ2n) is 5.15. The van der Waals surface area contributed by atoms with Crippen LogP contribution in [0.3, 0.4) is 0 Å². The van der Waals surface area contributed by atoms with Gasteiger partial charge < -0.3 is 4.74 Å². The molecule has 0 saturated carbocycles. The van der Waals surface area contributed by atoms with E-state index in [2.05, 4.69) is 61.7 Å². The molecular weight excluding hydrogens is 256 g/mol. The molecule has 0 spiro atoms. The van der Waals surface area contributed by atoms with Crippen molar-refractivity contribution in [1.82, 2.24) is 0 Å². The molecule has 2 aromatic rings. The van der Waals surface area contributed by atoms with E-state index in [0.29, 0.717) is 0 Å². The van der Waals surface area contributed by atoms with E-state index < -0.39 is 0 Å². The van der Waals surface area contributed by atoms with Crippen LogP contribution in [0.4, 0.5) is 0 Å². The molecule has 2 rings (SSSR count). The molecule has 21 heavy (non-hydrogen) atoms. The summed E-state index contributed by atoms with van der Waals surface area (Å²) in [6, 6.07) is 20.8. The van der Waals surface area contributed by atoms with Crippen LogP contribution in [0.25, 0.3) is 0 Å². The Bertz CT molecular complexity index is 516. The highest BCUT2D eigenvalue weighted by Crippen LogP contribution is 2.15. The number of aryl methyl sites for hydroxylation is 2. The molecule has 2 aromatic carbocycles. The molecule has 0 radical (unpaired) electrons. The summed E-state index contributed by atoms with van der Waals surface area (Å²) in [5, 5.41) is 0. The average Bonchev–Trinajstić information content (AvgIpc) is 2.53. The fraction of sp³-hybridized carbons (Fsp3) is 0.200. The van der Waals surface area contributed by atoms with E-state index >= 15 is 0 Å². The molecule has 108 valence electrons. The molecule has 0 heterocycles. The van der Waals surface area contributed by atoms with Crippen LogP contribution in [0, 0.1) is 0 Å². The van der Waals surface area contributed by atoms with Crippen molar-refractivity contribution < 1.29 is 4.74 Å². The predicted molar refractivity (Wildman–Crippen MR) is 88.9 cm³/mol. The molecule has 0 aliphatic heterocycles. The quantitative estimate of drug-likeness (QED) is 0.596. The van der Waals surface area contributed by atoms with Gasteiger partial charge in [0.15, 0.2) is 0 Å². The van der Waals surface area contributed by atoms with Gasteiger partial charge in [0.25, 0.3) is 0 Å². The van der Waals surface area contributed by atoms with Crippen LogP contribution in [0.5, 0.6) is 0 Å². The van der Waals surface area contributed by atoms with Crippen molar-refractivity contribution in [3.63, 3.8) is 0 Å². The molecule has 0 atom stereocenters. The molecule has 0 saturated heterocycles. The van der Waals surface area contributed by atoms with E-state index in [-0.39, 0.29) is 0 Å². The van der Waals surface area contributed by atoms with Gasteiger partial charge in [-0.05, 0) is 24.0 Å². The highest BCUT2D eigenvalue weighted by molar-refractivity contribution is 5.17. The zero-order valence-corrected chi connectivity index (χ0v) is 12.4. The van der Waals surface area contributed by atoms with Gasteiger partial charge in [-0.2, -0.15) is 0 Å². The van der Waals surface area contributed by atoms with Gasteiger partial charge in [-0.15, -0.1) is 0 Å². The van der Waals surface area contributed by atoms with Crippen LogP contribution < -0.4 is 0 Å². The third kappa shape index (κ3) is 5.70. The fourth-order valence-electron chi connectivity index (χ4n) is 2.16. The Morgan fingerprint density at radius 3 is 1.43 bits per heavy atom. The van der Waals surface area contributed by atoms with Crippen LogP contribution in [0.2, 0.25) is 0 Å². The lowest BCUT2D eigenvalue weighted by atomic mass is 10.1. The summed E-state index contributed by atoms with van der Waals surface area (Å²) in [4.78, 5) is 0. The second kappa shape index (κ2) is 8.11. The van der Waals surface area contributed by atoms with Gasteiger partial charge in [-0.25, -0.2) is 0 Å². The van der Waals surface area contributed by atoms with Crippen molar-refractivity contribution in [2.45, 2.75) is 25.7 Å². The van der Waals surface area contributed by atoms with E-state index in [4.69, 9.17) is 4.74 Å². The summed E-state index contributed by atoms with van der Waals surface area (Å²) >= 11 is 0. The molecule has 0 amide bonds. The maximum Gasteiger partial charge on any atom is 0.0967 e. The lowest BCUT2D eigenvalue weighted by Gasteiger charge is -2.11. The average molecular weight is 278 g/mol. The number of rotatable bonds is 8. The van der Waals surface area contributed by atoms with Gasteiger partial charge in [0.1, 0.15) is 0 Å². The molecule has 1 heteroatoms. The van der Waals surface area contributed by atoms with Crippen LogP contribution >= 0.6 is 0 Å². The van der Waals surface area contributed by atoms with Crippen LogP contribution in [0.1, 0.15) is 24.0 Å². The molecule has 0 bridgehead atoms. The number of allylic oxidation sites excluding steroid dienone is 2. The Morgan fingerprint density at radius 1 is 0.667 bits per heavy atom. The van der Waals surface area contributed by atoms with Crippen LogP contribution in [0.15, 0.2) is 85.3 Å². The largest absolute Gasteiger partial charge is 0.467 e. The van der Waals surface area contributed by atoms with Gasteiger partial charge >= 0.3 is 0 Å². The predicted octanol–water partition coefficient (Wildman–Crippen LogP) is 5.30. The molecule has 0 aromatic heterocycles. The lowest BCUT2D eigenvalue weighted by Crippen LogP contribution is -1.96. The Balaban J connectivity index is 1.69. The summed E-state index contributed by atoms with van der Waals surface area (Å²) in [7, 11) is 0. The van der Waals surface area contributed by atoms with Gasteiger partial charge in [-0.1, -0.05) is 73.8 Å². The maximum absolute atomic E-state index is 5.70. The van der Waals surface area contributed by atoms with E-state index in [1.165, 1.54) is 11.1 Å². The molecule has 1 nitrogen and oxygen atoms in total. The van der Waals surface area contributed by atoms with Crippen molar-refractivity contribution in [2.24, 2.45) is 0 Å². The van der Waals surface area contributed by atoms with Crippen molar-refractivity contribution in [3.05, 3.63) is 96.5 Å². The molecular formula is C20H22O. The topological polar surface area (TPSA) is 9.23 Å².